The first-order chi connectivity index (χ1) is 14.2. The molecule has 29 heavy (non-hydrogen) atoms. The number of hydrogen-bond acceptors (Lipinski definition) is 5. The molecule has 2 heterocycles. The predicted octanol–water partition coefficient (Wildman–Crippen LogP) is 2.45. The zero-order chi connectivity index (χ0) is 20.1. The van der Waals surface area contributed by atoms with E-state index in [4.69, 9.17) is 4.74 Å². The number of rotatable bonds is 7. The lowest BCUT2D eigenvalue weighted by Crippen LogP contribution is -2.48. The number of nitrogens with one attached hydrogen (secondary N) is 1. The van der Waals surface area contributed by atoms with Gasteiger partial charge in [-0.15, -0.1) is 0 Å². The highest BCUT2D eigenvalue weighted by atomic mass is 16.5. The molecule has 0 aliphatic carbocycles. The third-order valence-electron chi connectivity index (χ3n) is 5.57. The van der Waals surface area contributed by atoms with Crippen molar-refractivity contribution in [3.05, 3.63) is 59.7 Å². The molecule has 0 saturated carbocycles. The van der Waals surface area contributed by atoms with Crippen molar-refractivity contribution in [3.8, 4) is 5.75 Å². The van der Waals surface area contributed by atoms with E-state index in [0.717, 1.165) is 55.3 Å². The Balaban J connectivity index is 1.21. The van der Waals surface area contributed by atoms with E-state index in [1.54, 1.807) is 0 Å². The van der Waals surface area contributed by atoms with E-state index in [9.17, 15) is 9.59 Å². The summed E-state index contributed by atoms with van der Waals surface area (Å²) in [4.78, 5) is 28.8. The molecule has 4 rings (SSSR count). The lowest BCUT2D eigenvalue weighted by Gasteiger charge is -2.34. The number of amides is 1. The number of Topliss-reactive ketones (excluding diaryl/α,β-unsaturated/α-hetero) is 1. The van der Waals surface area contributed by atoms with Crippen molar-refractivity contribution >= 4 is 17.4 Å². The third-order valence-corrected chi connectivity index (χ3v) is 5.57. The van der Waals surface area contributed by atoms with E-state index in [2.05, 4.69) is 15.1 Å². The van der Waals surface area contributed by atoms with E-state index in [-0.39, 0.29) is 11.7 Å². The molecular weight excluding hydrogens is 366 g/mol. The summed E-state index contributed by atoms with van der Waals surface area (Å²) in [5.41, 5.74) is 2.63. The Morgan fingerprint density at radius 2 is 1.72 bits per heavy atom. The highest BCUT2D eigenvalue weighted by Crippen LogP contribution is 2.24. The van der Waals surface area contributed by atoms with Crippen LogP contribution in [0.5, 0.6) is 5.75 Å². The number of fused-ring (bicyclic) bond motifs is 1. The van der Waals surface area contributed by atoms with Crippen LogP contribution in [0.2, 0.25) is 0 Å². The van der Waals surface area contributed by atoms with Crippen LogP contribution >= 0.6 is 0 Å². The lowest BCUT2D eigenvalue weighted by atomic mass is 9.98. The number of nitrogens with zero attached hydrogens (tertiary/aromatic N) is 2. The summed E-state index contributed by atoms with van der Waals surface area (Å²) in [5, 5.41) is 2.86. The first kappa shape index (κ1) is 19.6. The van der Waals surface area contributed by atoms with Gasteiger partial charge in [-0.25, -0.2) is 0 Å². The predicted molar refractivity (Wildman–Crippen MR) is 113 cm³/mol. The highest BCUT2D eigenvalue weighted by Gasteiger charge is 2.21. The minimum absolute atomic E-state index is 0.0450. The summed E-state index contributed by atoms with van der Waals surface area (Å²) in [5.74, 6) is 1.09. The molecule has 6 nitrogen and oxygen atoms in total. The summed E-state index contributed by atoms with van der Waals surface area (Å²) in [7, 11) is 0. The SMILES string of the molecule is O=C1CCc2cc(C(=O)CN3CCN(CCOc4ccccc4)CC3)ccc2N1. The number of aryl methyl sites for hydroxylation is 1. The Morgan fingerprint density at radius 1 is 0.966 bits per heavy atom. The standard InChI is InChI=1S/C23H27N3O3/c27-22(19-6-8-21-18(16-19)7-9-23(28)24-21)17-26-12-10-25(11-13-26)14-15-29-20-4-2-1-3-5-20/h1-6,8,16H,7,9-15,17H2,(H,24,28). The maximum absolute atomic E-state index is 12.7. The molecule has 2 aliphatic heterocycles. The molecule has 2 aromatic rings. The average Bonchev–Trinajstić information content (AvgIpc) is 2.75. The maximum Gasteiger partial charge on any atom is 0.224 e. The van der Waals surface area contributed by atoms with Gasteiger partial charge in [-0.1, -0.05) is 18.2 Å². The quantitative estimate of drug-likeness (QED) is 0.732. The van der Waals surface area contributed by atoms with Crippen molar-refractivity contribution in [2.75, 3.05) is 51.2 Å². The number of carbonyl (C=O) groups is 2. The number of para-hydroxylation sites is 1. The van der Waals surface area contributed by atoms with Crippen LogP contribution in [-0.4, -0.2) is 67.4 Å². The topological polar surface area (TPSA) is 61.9 Å². The second-order valence-corrected chi connectivity index (χ2v) is 7.62. The fourth-order valence-electron chi connectivity index (χ4n) is 3.83. The number of piperazine rings is 1. The Morgan fingerprint density at radius 3 is 2.52 bits per heavy atom. The fourth-order valence-corrected chi connectivity index (χ4v) is 3.83. The summed E-state index contributed by atoms with van der Waals surface area (Å²) in [6, 6.07) is 15.5. The largest absolute Gasteiger partial charge is 0.492 e. The first-order valence-electron chi connectivity index (χ1n) is 10.3. The minimum Gasteiger partial charge on any atom is -0.492 e. The third kappa shape index (κ3) is 5.22. The molecule has 0 spiro atoms. The molecule has 0 radical (unpaired) electrons. The van der Waals surface area contributed by atoms with Gasteiger partial charge in [0.2, 0.25) is 5.91 Å². The second kappa shape index (κ2) is 9.20. The molecule has 1 saturated heterocycles. The molecule has 0 aromatic heterocycles. The summed E-state index contributed by atoms with van der Waals surface area (Å²) < 4.78 is 5.77. The van der Waals surface area contributed by atoms with Gasteiger partial charge in [-0.3, -0.25) is 19.4 Å². The number of benzene rings is 2. The minimum atomic E-state index is 0.0450. The summed E-state index contributed by atoms with van der Waals surface area (Å²) >= 11 is 0. The molecule has 152 valence electrons. The number of anilines is 1. The van der Waals surface area contributed by atoms with Gasteiger partial charge >= 0.3 is 0 Å². The first-order valence-corrected chi connectivity index (χ1v) is 10.3. The van der Waals surface area contributed by atoms with Crippen LogP contribution in [0, 0.1) is 0 Å². The van der Waals surface area contributed by atoms with E-state index < -0.39 is 0 Å². The van der Waals surface area contributed by atoms with Crippen molar-refractivity contribution in [1.29, 1.82) is 0 Å². The van der Waals surface area contributed by atoms with Crippen LogP contribution in [0.25, 0.3) is 0 Å². The molecule has 2 aromatic carbocycles. The molecule has 2 aliphatic rings. The van der Waals surface area contributed by atoms with Crippen LogP contribution in [0.1, 0.15) is 22.3 Å². The van der Waals surface area contributed by atoms with Crippen LogP contribution in [0.3, 0.4) is 0 Å². The molecule has 1 amide bonds. The van der Waals surface area contributed by atoms with Crippen LogP contribution in [-0.2, 0) is 11.2 Å². The lowest BCUT2D eigenvalue weighted by molar-refractivity contribution is -0.116. The Bertz CT molecular complexity index is 861. The number of carbonyl (C=O) groups excluding carboxylic acids is 2. The van der Waals surface area contributed by atoms with E-state index in [1.165, 1.54) is 0 Å². The Kier molecular flexibility index (Phi) is 6.22. The number of ether oxygens (including phenoxy) is 1. The second-order valence-electron chi connectivity index (χ2n) is 7.62. The monoisotopic (exact) mass is 393 g/mol. The molecule has 1 fully saturated rings. The smallest absolute Gasteiger partial charge is 0.224 e. The van der Waals surface area contributed by atoms with Gasteiger partial charge in [0.1, 0.15) is 12.4 Å². The van der Waals surface area contributed by atoms with Gasteiger partial charge in [-0.05, 0) is 42.3 Å². The number of hydrogen-bond donors (Lipinski definition) is 1. The maximum atomic E-state index is 12.7. The van der Waals surface area contributed by atoms with E-state index in [0.29, 0.717) is 26.0 Å². The molecular formula is C23H27N3O3. The van der Waals surface area contributed by atoms with Crippen molar-refractivity contribution in [3.63, 3.8) is 0 Å². The van der Waals surface area contributed by atoms with Crippen LogP contribution in [0.15, 0.2) is 48.5 Å². The van der Waals surface area contributed by atoms with Gasteiger partial charge in [0.15, 0.2) is 5.78 Å². The zero-order valence-electron chi connectivity index (χ0n) is 16.6. The van der Waals surface area contributed by atoms with Crippen LogP contribution < -0.4 is 10.1 Å². The Labute approximate surface area is 171 Å². The summed E-state index contributed by atoms with van der Waals surface area (Å²) in [6.45, 7) is 5.68. The van der Waals surface area contributed by atoms with Gasteiger partial charge in [0.05, 0.1) is 6.54 Å². The Hall–Kier alpha value is -2.70. The highest BCUT2D eigenvalue weighted by molar-refractivity contribution is 6.00. The average molecular weight is 393 g/mol. The fraction of sp³-hybridized carbons (Fsp3) is 0.391. The van der Waals surface area contributed by atoms with Gasteiger partial charge in [0.25, 0.3) is 0 Å². The van der Waals surface area contributed by atoms with Crippen molar-refractivity contribution in [2.24, 2.45) is 0 Å². The molecule has 0 atom stereocenters. The normalized spacial score (nSPS) is 17.4. The van der Waals surface area contributed by atoms with Gasteiger partial charge in [0, 0.05) is 50.4 Å². The zero-order valence-corrected chi connectivity index (χ0v) is 16.6. The van der Waals surface area contributed by atoms with Crippen molar-refractivity contribution in [2.45, 2.75) is 12.8 Å². The summed E-state index contributed by atoms with van der Waals surface area (Å²) in [6.07, 6.45) is 1.19. The van der Waals surface area contributed by atoms with Gasteiger partial charge in [-0.2, -0.15) is 0 Å². The molecule has 0 unspecified atom stereocenters. The van der Waals surface area contributed by atoms with Gasteiger partial charge < -0.3 is 10.1 Å². The van der Waals surface area contributed by atoms with Crippen molar-refractivity contribution in [1.82, 2.24) is 9.80 Å². The van der Waals surface area contributed by atoms with E-state index in [1.807, 2.05) is 48.5 Å². The molecule has 1 N–H and O–H groups in total. The molecule has 6 heteroatoms. The van der Waals surface area contributed by atoms with Crippen molar-refractivity contribution < 1.29 is 14.3 Å². The van der Waals surface area contributed by atoms with E-state index >= 15 is 0 Å². The molecule has 0 bridgehead atoms. The number of ketones is 1. The van der Waals surface area contributed by atoms with Crippen LogP contribution in [0.4, 0.5) is 5.69 Å².